The Morgan fingerprint density at radius 2 is 2.45 bits per heavy atom. The van der Waals surface area contributed by atoms with Crippen molar-refractivity contribution in [3.05, 3.63) is 12.2 Å². The number of rotatable bonds is 1. The van der Waals surface area contributed by atoms with Gasteiger partial charge >= 0.3 is 6.09 Å². The molecule has 0 saturated carbocycles. The molecular weight excluding hydrogens is 144 g/mol. The van der Waals surface area contributed by atoms with E-state index in [9.17, 15) is 4.79 Å². The van der Waals surface area contributed by atoms with E-state index in [1.165, 1.54) is 0 Å². The Labute approximate surface area is 64.3 Å². The molecule has 0 bridgehead atoms. The van der Waals surface area contributed by atoms with E-state index in [0.29, 0.717) is 0 Å². The average molecular weight is 154 g/mol. The molecule has 0 radical (unpaired) electrons. The molecule has 1 atom stereocenters. The van der Waals surface area contributed by atoms with Crippen LogP contribution in [-0.4, -0.2) is 30.3 Å². The smallest absolute Gasteiger partial charge is 0.404 e. The van der Waals surface area contributed by atoms with Crippen molar-refractivity contribution in [3.63, 3.8) is 0 Å². The predicted molar refractivity (Wildman–Crippen MR) is 39.4 cm³/mol. The first-order valence-electron chi connectivity index (χ1n) is 3.63. The van der Waals surface area contributed by atoms with Gasteiger partial charge in [0.05, 0.1) is 6.04 Å². The molecule has 1 heterocycles. The number of nitrogens with one attached hydrogen (secondary N) is 2. The Bertz CT molecular complexity index is 218. The van der Waals surface area contributed by atoms with Crippen molar-refractivity contribution in [2.75, 3.05) is 13.1 Å². The highest BCUT2D eigenvalue weighted by atomic mass is 16.4. The number of amides is 1. The van der Waals surface area contributed by atoms with Crippen LogP contribution in [0.2, 0.25) is 0 Å². The Hall–Kier alpha value is -1.03. The molecule has 1 spiro atoms. The van der Waals surface area contributed by atoms with Gasteiger partial charge in [-0.1, -0.05) is 12.2 Å². The number of hydrogen-bond donors (Lipinski definition) is 3. The predicted octanol–water partition coefficient (Wildman–Crippen LogP) is -0.218. The van der Waals surface area contributed by atoms with Gasteiger partial charge in [-0.25, -0.2) is 4.79 Å². The van der Waals surface area contributed by atoms with Gasteiger partial charge in [0.15, 0.2) is 0 Å². The third-order valence-electron chi connectivity index (χ3n) is 2.32. The molecule has 0 aromatic heterocycles. The Morgan fingerprint density at radius 1 is 1.73 bits per heavy atom. The zero-order valence-electron chi connectivity index (χ0n) is 6.00. The summed E-state index contributed by atoms with van der Waals surface area (Å²) < 4.78 is 0. The van der Waals surface area contributed by atoms with E-state index in [1.54, 1.807) is 0 Å². The van der Waals surface area contributed by atoms with Crippen LogP contribution < -0.4 is 10.6 Å². The highest BCUT2D eigenvalue weighted by molar-refractivity contribution is 5.65. The standard InChI is InChI=1S/C7H10N2O2/c10-6(11)9-5-3-8-4-7(5)1-2-7/h1-2,5,8-9H,3-4H2,(H,10,11). The van der Waals surface area contributed by atoms with Crippen molar-refractivity contribution in [1.82, 2.24) is 10.6 Å². The average Bonchev–Trinajstić information content (AvgIpc) is 2.56. The first-order valence-corrected chi connectivity index (χ1v) is 3.63. The van der Waals surface area contributed by atoms with Gasteiger partial charge < -0.3 is 15.7 Å². The van der Waals surface area contributed by atoms with Crippen molar-refractivity contribution in [2.45, 2.75) is 6.04 Å². The zero-order chi connectivity index (χ0) is 7.90. The molecule has 0 aromatic rings. The molecule has 2 aliphatic rings. The van der Waals surface area contributed by atoms with Gasteiger partial charge in [-0.05, 0) is 0 Å². The summed E-state index contributed by atoms with van der Waals surface area (Å²) in [5, 5.41) is 14.1. The molecule has 1 aliphatic heterocycles. The second-order valence-corrected chi connectivity index (χ2v) is 3.08. The van der Waals surface area contributed by atoms with Gasteiger partial charge in [0, 0.05) is 18.5 Å². The van der Waals surface area contributed by atoms with Gasteiger partial charge in [-0.2, -0.15) is 0 Å². The van der Waals surface area contributed by atoms with Crippen LogP contribution in [0.4, 0.5) is 4.79 Å². The zero-order valence-corrected chi connectivity index (χ0v) is 6.00. The molecule has 1 aliphatic carbocycles. The van der Waals surface area contributed by atoms with Gasteiger partial charge in [-0.3, -0.25) is 0 Å². The van der Waals surface area contributed by atoms with E-state index in [0.717, 1.165) is 13.1 Å². The lowest BCUT2D eigenvalue weighted by molar-refractivity contribution is 0.187. The Balaban J connectivity index is 1.98. The van der Waals surface area contributed by atoms with E-state index in [1.807, 2.05) is 12.2 Å². The maximum Gasteiger partial charge on any atom is 0.404 e. The summed E-state index contributed by atoms with van der Waals surface area (Å²) in [6, 6.07) is 0.0417. The molecule has 4 heteroatoms. The topological polar surface area (TPSA) is 61.4 Å². The van der Waals surface area contributed by atoms with E-state index in [-0.39, 0.29) is 11.5 Å². The first-order chi connectivity index (χ1) is 5.23. The lowest BCUT2D eigenvalue weighted by Crippen LogP contribution is -2.40. The molecule has 1 saturated heterocycles. The van der Waals surface area contributed by atoms with Gasteiger partial charge in [-0.15, -0.1) is 0 Å². The molecule has 11 heavy (non-hydrogen) atoms. The Morgan fingerprint density at radius 3 is 3.00 bits per heavy atom. The Kier molecular flexibility index (Phi) is 1.20. The van der Waals surface area contributed by atoms with Crippen LogP contribution >= 0.6 is 0 Å². The van der Waals surface area contributed by atoms with Crippen LogP contribution in [0.3, 0.4) is 0 Å². The second kappa shape index (κ2) is 1.98. The summed E-state index contributed by atoms with van der Waals surface area (Å²) in [6.45, 7) is 1.61. The lowest BCUT2D eigenvalue weighted by Gasteiger charge is -2.16. The summed E-state index contributed by atoms with van der Waals surface area (Å²) in [6.07, 6.45) is 3.16. The van der Waals surface area contributed by atoms with Crippen molar-refractivity contribution >= 4 is 6.09 Å². The quantitative estimate of drug-likeness (QED) is 0.458. The van der Waals surface area contributed by atoms with Gasteiger partial charge in [0.2, 0.25) is 0 Å². The molecule has 60 valence electrons. The normalized spacial score (nSPS) is 30.7. The maximum atomic E-state index is 10.3. The monoisotopic (exact) mass is 154 g/mol. The molecule has 1 fully saturated rings. The first kappa shape index (κ1) is 6.67. The van der Waals surface area contributed by atoms with E-state index >= 15 is 0 Å². The van der Waals surface area contributed by atoms with E-state index < -0.39 is 6.09 Å². The van der Waals surface area contributed by atoms with Crippen LogP contribution in [0.5, 0.6) is 0 Å². The molecule has 1 amide bonds. The fourth-order valence-electron chi connectivity index (χ4n) is 1.54. The van der Waals surface area contributed by atoms with Gasteiger partial charge in [0.25, 0.3) is 0 Å². The summed E-state index contributed by atoms with van der Waals surface area (Å²) >= 11 is 0. The summed E-state index contributed by atoms with van der Waals surface area (Å²) in [7, 11) is 0. The molecule has 4 nitrogen and oxygen atoms in total. The molecular formula is C7H10N2O2. The minimum absolute atomic E-state index is 0.0401. The number of carbonyl (C=O) groups is 1. The third-order valence-corrected chi connectivity index (χ3v) is 2.32. The summed E-state index contributed by atoms with van der Waals surface area (Å²) in [5.74, 6) is 0. The van der Waals surface area contributed by atoms with Crippen molar-refractivity contribution < 1.29 is 9.90 Å². The minimum atomic E-state index is -0.938. The summed E-state index contributed by atoms with van der Waals surface area (Å²) in [5.41, 5.74) is 0.0401. The van der Waals surface area contributed by atoms with E-state index in [2.05, 4.69) is 10.6 Å². The van der Waals surface area contributed by atoms with Gasteiger partial charge in [0.1, 0.15) is 0 Å². The van der Waals surface area contributed by atoms with Crippen LogP contribution in [0, 0.1) is 5.41 Å². The maximum absolute atomic E-state index is 10.3. The minimum Gasteiger partial charge on any atom is -0.465 e. The van der Waals surface area contributed by atoms with Crippen molar-refractivity contribution in [2.24, 2.45) is 5.41 Å². The van der Waals surface area contributed by atoms with Crippen LogP contribution in [0.1, 0.15) is 0 Å². The number of carboxylic acid groups (broad SMARTS) is 1. The largest absolute Gasteiger partial charge is 0.465 e. The molecule has 1 unspecified atom stereocenters. The van der Waals surface area contributed by atoms with E-state index in [4.69, 9.17) is 5.11 Å². The third kappa shape index (κ3) is 0.991. The fourth-order valence-corrected chi connectivity index (χ4v) is 1.54. The fraction of sp³-hybridized carbons (Fsp3) is 0.571. The van der Waals surface area contributed by atoms with Crippen LogP contribution in [-0.2, 0) is 0 Å². The summed E-state index contributed by atoms with van der Waals surface area (Å²) in [4.78, 5) is 10.3. The highest BCUT2D eigenvalue weighted by Gasteiger charge is 2.46. The highest BCUT2D eigenvalue weighted by Crippen LogP contribution is 2.40. The lowest BCUT2D eigenvalue weighted by atomic mass is 9.98. The van der Waals surface area contributed by atoms with Crippen LogP contribution in [0.25, 0.3) is 0 Å². The molecule has 2 rings (SSSR count). The SMILES string of the molecule is O=C(O)NC1CNCC12C=C2. The van der Waals surface area contributed by atoms with Crippen LogP contribution in [0.15, 0.2) is 12.2 Å². The second-order valence-electron chi connectivity index (χ2n) is 3.08. The number of hydrogen-bond acceptors (Lipinski definition) is 2. The molecule has 3 N–H and O–H groups in total. The van der Waals surface area contributed by atoms with Crippen molar-refractivity contribution in [3.8, 4) is 0 Å². The van der Waals surface area contributed by atoms with Crippen molar-refractivity contribution in [1.29, 1.82) is 0 Å². The molecule has 0 aromatic carbocycles.